The Balaban J connectivity index is 1.98. The summed E-state index contributed by atoms with van der Waals surface area (Å²) in [7, 11) is 0. The third-order valence-corrected chi connectivity index (χ3v) is 7.19. The van der Waals surface area contributed by atoms with Crippen molar-refractivity contribution in [1.29, 1.82) is 0 Å². The number of hydrogen-bond donors (Lipinski definition) is 2. The summed E-state index contributed by atoms with van der Waals surface area (Å²) in [4.78, 5) is 24.3. The molecule has 0 aromatic carbocycles. The maximum Gasteiger partial charge on any atom is 0.223 e. The molecule has 2 N–H and O–H groups in total. The van der Waals surface area contributed by atoms with E-state index < -0.39 is 10.8 Å². The highest BCUT2D eigenvalue weighted by Gasteiger charge is 2.32. The fraction of sp³-hybridized carbons (Fsp3) is 0.300. The molecule has 0 aromatic heterocycles. The van der Waals surface area contributed by atoms with Crippen LogP contribution in [-0.2, 0) is 9.59 Å². The first-order valence-electron chi connectivity index (χ1n) is 14.6. The molecule has 228 valence electrons. The molecule has 44 heavy (non-hydrogen) atoms. The molecule has 0 bridgehead atoms. The molecule has 0 saturated carbocycles. The van der Waals surface area contributed by atoms with Gasteiger partial charge in [-0.15, -0.1) is 0 Å². The zero-order chi connectivity index (χ0) is 33.2. The Hall–Kier alpha value is -4.80. The molecule has 2 rings (SSSR count). The lowest BCUT2D eigenvalue weighted by atomic mass is 9.76. The van der Waals surface area contributed by atoms with Gasteiger partial charge in [-0.3, -0.25) is 9.59 Å². The highest BCUT2D eigenvalue weighted by atomic mass is 16.3. The maximum atomic E-state index is 12.1. The quantitative estimate of drug-likeness (QED) is 0.240. The SMILES string of the molecule is CC1=C(C#C\C(C)=C/C=C/C(C)=C/C=C/C=C(C)/C=C/C=C(/C)C#CC2=C(C)C(=O)C(O)=CC2(C)C)C(C)(C)C=C(O)C1=O. The van der Waals surface area contributed by atoms with Crippen LogP contribution in [0.1, 0.15) is 69.2 Å². The van der Waals surface area contributed by atoms with E-state index >= 15 is 0 Å². The van der Waals surface area contributed by atoms with Gasteiger partial charge in [0.25, 0.3) is 0 Å². The Morgan fingerprint density at radius 3 is 1.30 bits per heavy atom. The minimum Gasteiger partial charge on any atom is -0.504 e. The molecule has 0 amide bonds. The molecule has 0 heterocycles. The van der Waals surface area contributed by atoms with Crippen molar-refractivity contribution in [3.8, 4) is 23.7 Å². The van der Waals surface area contributed by atoms with E-state index in [1.165, 1.54) is 0 Å². The standard InChI is InChI=1S/C40H44O4/c1-27(17-13-19-29(3)21-23-33-31(5)37(43)35(41)25-39(33,7)8)15-11-12-16-28(2)18-14-20-30(4)22-24-34-32(6)38(44)36(42)26-40(34,9)10/h11-20,25-26,41-42H,1-10H3/b12-11+,17-13+,18-14+,27-15+,28-16+,29-19-,30-20-. The average Bonchev–Trinajstić information content (AvgIpc) is 2.92. The number of ketones is 2. The smallest absolute Gasteiger partial charge is 0.223 e. The molecule has 4 heteroatoms. The van der Waals surface area contributed by atoms with Gasteiger partial charge < -0.3 is 10.2 Å². The highest BCUT2D eigenvalue weighted by molar-refractivity contribution is 6.09. The van der Waals surface area contributed by atoms with Gasteiger partial charge >= 0.3 is 0 Å². The van der Waals surface area contributed by atoms with Crippen LogP contribution in [0, 0.1) is 34.5 Å². The molecule has 0 spiro atoms. The van der Waals surface area contributed by atoms with E-state index in [1.54, 1.807) is 26.0 Å². The van der Waals surface area contributed by atoms with Gasteiger partial charge in [0, 0.05) is 33.1 Å². The second kappa shape index (κ2) is 15.1. The predicted molar refractivity (Wildman–Crippen MR) is 182 cm³/mol. The minimum atomic E-state index is -0.498. The van der Waals surface area contributed by atoms with Crippen molar-refractivity contribution >= 4 is 11.6 Å². The molecule has 0 fully saturated rings. The summed E-state index contributed by atoms with van der Waals surface area (Å²) < 4.78 is 0. The number of carbonyl (C=O) groups is 2. The van der Waals surface area contributed by atoms with Gasteiger partial charge in [0.05, 0.1) is 0 Å². The van der Waals surface area contributed by atoms with Gasteiger partial charge in [-0.25, -0.2) is 0 Å². The van der Waals surface area contributed by atoms with Crippen molar-refractivity contribution in [2.75, 3.05) is 0 Å². The van der Waals surface area contributed by atoms with E-state index in [0.29, 0.717) is 11.1 Å². The molecule has 0 aliphatic heterocycles. The first-order chi connectivity index (χ1) is 20.5. The fourth-order valence-corrected chi connectivity index (χ4v) is 4.67. The topological polar surface area (TPSA) is 74.6 Å². The zero-order valence-electron chi connectivity index (χ0n) is 27.6. The van der Waals surface area contributed by atoms with Gasteiger partial charge in [0.1, 0.15) is 0 Å². The number of aliphatic hydroxyl groups is 2. The lowest BCUT2D eigenvalue weighted by molar-refractivity contribution is -0.115. The molecule has 0 atom stereocenters. The van der Waals surface area contributed by atoms with Crippen LogP contribution in [0.25, 0.3) is 0 Å². The predicted octanol–water partition coefficient (Wildman–Crippen LogP) is 9.18. The molecular formula is C40H44O4. The Morgan fingerprint density at radius 1 is 0.614 bits per heavy atom. The van der Waals surface area contributed by atoms with Gasteiger partial charge in [-0.2, -0.15) is 0 Å². The van der Waals surface area contributed by atoms with Crippen LogP contribution in [0.4, 0.5) is 0 Å². The number of Topliss-reactive ketones (excluding diaryl/α,β-unsaturated/α-hetero) is 2. The second-order valence-electron chi connectivity index (χ2n) is 12.3. The van der Waals surface area contributed by atoms with E-state index in [4.69, 9.17) is 0 Å². The number of allylic oxidation sites excluding steroid dienone is 20. The first kappa shape index (κ1) is 35.4. The Bertz CT molecular complexity index is 1560. The Labute approximate surface area is 263 Å². The van der Waals surface area contributed by atoms with Crippen molar-refractivity contribution in [1.82, 2.24) is 0 Å². The van der Waals surface area contributed by atoms with E-state index in [1.807, 2.05) is 116 Å². The van der Waals surface area contributed by atoms with Crippen molar-refractivity contribution < 1.29 is 19.8 Å². The largest absolute Gasteiger partial charge is 0.504 e. The van der Waals surface area contributed by atoms with E-state index in [0.717, 1.165) is 33.4 Å². The number of aliphatic hydroxyl groups excluding tert-OH is 2. The van der Waals surface area contributed by atoms with Crippen LogP contribution in [0.15, 0.2) is 129 Å². The third-order valence-electron chi connectivity index (χ3n) is 7.19. The molecule has 4 nitrogen and oxygen atoms in total. The molecule has 0 aromatic rings. The lowest BCUT2D eigenvalue weighted by Gasteiger charge is -2.26. The van der Waals surface area contributed by atoms with Crippen LogP contribution in [0.2, 0.25) is 0 Å². The highest BCUT2D eigenvalue weighted by Crippen LogP contribution is 2.36. The average molecular weight is 589 g/mol. The number of carbonyl (C=O) groups excluding carboxylic acids is 2. The van der Waals surface area contributed by atoms with Crippen molar-refractivity contribution in [2.24, 2.45) is 10.8 Å². The summed E-state index contributed by atoms with van der Waals surface area (Å²) in [5, 5.41) is 19.7. The van der Waals surface area contributed by atoms with Crippen LogP contribution < -0.4 is 0 Å². The van der Waals surface area contributed by atoms with Gasteiger partial charge in [0.2, 0.25) is 11.6 Å². The molecule has 0 saturated heterocycles. The van der Waals surface area contributed by atoms with Gasteiger partial charge in [-0.05, 0) is 64.8 Å². The van der Waals surface area contributed by atoms with Crippen molar-refractivity contribution in [2.45, 2.75) is 69.2 Å². The summed E-state index contributed by atoms with van der Waals surface area (Å²) in [5.74, 6) is 11.3. The van der Waals surface area contributed by atoms with Gasteiger partial charge in [0.15, 0.2) is 11.5 Å². The van der Waals surface area contributed by atoms with Crippen LogP contribution >= 0.6 is 0 Å². The molecule has 0 unspecified atom stereocenters. The maximum absolute atomic E-state index is 12.1. The zero-order valence-corrected chi connectivity index (χ0v) is 27.6. The Kier molecular flexibility index (Phi) is 12.1. The summed E-state index contributed by atoms with van der Waals surface area (Å²) in [6.45, 7) is 19.0. The number of hydrogen-bond acceptors (Lipinski definition) is 4. The van der Waals surface area contributed by atoms with Crippen LogP contribution in [0.3, 0.4) is 0 Å². The van der Waals surface area contributed by atoms with E-state index in [9.17, 15) is 19.8 Å². The molecule has 2 aliphatic rings. The van der Waals surface area contributed by atoms with Crippen LogP contribution in [0.5, 0.6) is 0 Å². The summed E-state index contributed by atoms with van der Waals surface area (Å²) in [6.07, 6.45) is 22.9. The Morgan fingerprint density at radius 2 is 0.955 bits per heavy atom. The summed E-state index contributed by atoms with van der Waals surface area (Å²) in [6, 6.07) is 0. The normalized spacial score (nSPS) is 19.8. The van der Waals surface area contributed by atoms with E-state index in [2.05, 4.69) is 23.7 Å². The number of rotatable bonds is 6. The minimum absolute atomic E-state index is 0.217. The van der Waals surface area contributed by atoms with Crippen molar-refractivity contribution in [3.05, 3.63) is 129 Å². The van der Waals surface area contributed by atoms with Crippen LogP contribution in [-0.4, -0.2) is 21.8 Å². The fourth-order valence-electron chi connectivity index (χ4n) is 4.67. The van der Waals surface area contributed by atoms with E-state index in [-0.39, 0.29) is 23.1 Å². The lowest BCUT2D eigenvalue weighted by Crippen LogP contribution is -2.23. The second-order valence-corrected chi connectivity index (χ2v) is 12.3. The first-order valence-corrected chi connectivity index (χ1v) is 14.6. The molecule has 2 aliphatic carbocycles. The molecular weight excluding hydrogens is 544 g/mol. The third kappa shape index (κ3) is 9.89. The summed E-state index contributed by atoms with van der Waals surface area (Å²) >= 11 is 0. The molecule has 0 radical (unpaired) electrons. The summed E-state index contributed by atoms with van der Waals surface area (Å²) in [5.41, 5.74) is 5.31. The monoisotopic (exact) mass is 588 g/mol. The van der Waals surface area contributed by atoms with Gasteiger partial charge in [-0.1, -0.05) is 123 Å². The van der Waals surface area contributed by atoms with Crippen molar-refractivity contribution in [3.63, 3.8) is 0 Å².